The van der Waals surface area contributed by atoms with Gasteiger partial charge in [-0.15, -0.1) is 0 Å². The Labute approximate surface area is 178 Å². The number of hydrogen-bond donors (Lipinski definition) is 2. The first-order valence-electron chi connectivity index (χ1n) is 8.33. The van der Waals surface area contributed by atoms with Crippen LogP contribution in [-0.2, 0) is 36.3 Å². The maximum Gasteiger partial charge on any atom is 0.267 e. The van der Waals surface area contributed by atoms with E-state index in [1.807, 2.05) is 0 Å². The molecule has 0 aliphatic carbocycles. The molecule has 0 aliphatic rings. The molecular weight excluding hydrogens is 469 g/mol. The van der Waals surface area contributed by atoms with Crippen LogP contribution < -0.4 is 14.7 Å². The topological polar surface area (TPSA) is 207 Å². The van der Waals surface area contributed by atoms with Gasteiger partial charge in [-0.3, -0.25) is 13.7 Å². The van der Waals surface area contributed by atoms with Crippen molar-refractivity contribution in [3.05, 3.63) is 0 Å². The molecule has 0 aromatic rings. The molecule has 0 bridgehead atoms. The van der Waals surface area contributed by atoms with Crippen molar-refractivity contribution < 1.29 is 61.0 Å². The van der Waals surface area contributed by atoms with Crippen molar-refractivity contribution in [2.45, 2.75) is 41.5 Å². The van der Waals surface area contributed by atoms with Crippen LogP contribution in [0.1, 0.15) is 41.5 Å². The van der Waals surface area contributed by atoms with Gasteiger partial charge in [0.05, 0.1) is 33.0 Å². The molecule has 0 aromatic heterocycles. The van der Waals surface area contributed by atoms with Gasteiger partial charge in [0.25, 0.3) is 23.5 Å². The number of aliphatic hydroxyl groups excluding tert-OH is 1. The van der Waals surface area contributed by atoms with Gasteiger partial charge < -0.3 is 47.3 Å². The Morgan fingerprint density at radius 3 is 1.43 bits per heavy atom. The molecule has 0 fully saturated rings. The Hall–Kier alpha value is 0.290. The van der Waals surface area contributed by atoms with Gasteiger partial charge in [-0.05, 0) is 12.8 Å². The lowest BCUT2D eigenvalue weighted by Gasteiger charge is -2.27. The van der Waals surface area contributed by atoms with E-state index in [1.165, 1.54) is 0 Å². The first-order valence-corrected chi connectivity index (χ1v) is 12.7. The van der Waals surface area contributed by atoms with Crippen molar-refractivity contribution in [2.75, 3.05) is 39.6 Å². The van der Waals surface area contributed by atoms with Crippen LogP contribution in [0.3, 0.4) is 0 Å². The quantitative estimate of drug-likeness (QED) is 0.208. The van der Waals surface area contributed by atoms with Crippen molar-refractivity contribution in [3.8, 4) is 0 Å². The van der Waals surface area contributed by atoms with Gasteiger partial charge in [0.2, 0.25) is 0 Å². The number of phosphoric ester groups is 3. The van der Waals surface area contributed by atoms with Gasteiger partial charge in [-0.1, -0.05) is 28.7 Å². The second-order valence-corrected chi connectivity index (χ2v) is 9.66. The lowest BCUT2D eigenvalue weighted by atomic mass is 10.1. The third-order valence-corrected chi connectivity index (χ3v) is 5.81. The van der Waals surface area contributed by atoms with E-state index in [0.717, 1.165) is 0 Å². The molecule has 2 N–H and O–H groups in total. The van der Waals surface area contributed by atoms with Crippen LogP contribution in [-0.4, -0.2) is 49.6 Å². The van der Waals surface area contributed by atoms with Gasteiger partial charge in [-0.2, -0.15) is 0 Å². The van der Waals surface area contributed by atoms with E-state index >= 15 is 0 Å². The summed E-state index contributed by atoms with van der Waals surface area (Å²) in [5.74, 6) is -1.04. The van der Waals surface area contributed by atoms with E-state index in [2.05, 4.69) is 22.6 Å². The SMILES string of the molecule is C.C.CCC(CO)COP(=O)([O-])OCCOP(=O)([O-])OCC(CC)COP(=O)([O-])O. The molecule has 30 heavy (non-hydrogen) atoms. The summed E-state index contributed by atoms with van der Waals surface area (Å²) >= 11 is 0. The molecule has 0 rings (SSSR count). The molecule has 0 heterocycles. The second-order valence-electron chi connectivity index (χ2n) is 5.65. The molecule has 16 heteroatoms. The van der Waals surface area contributed by atoms with Gasteiger partial charge in [0.1, 0.15) is 0 Å². The lowest BCUT2D eigenvalue weighted by Crippen LogP contribution is -2.20. The zero-order valence-corrected chi connectivity index (χ0v) is 18.2. The zero-order valence-electron chi connectivity index (χ0n) is 15.5. The average molecular weight is 503 g/mol. The highest BCUT2D eigenvalue weighted by Crippen LogP contribution is 2.41. The minimum atomic E-state index is -4.93. The summed E-state index contributed by atoms with van der Waals surface area (Å²) in [4.78, 5) is 42.1. The number of phosphoric acid groups is 3. The first-order chi connectivity index (χ1) is 12.8. The summed E-state index contributed by atoms with van der Waals surface area (Å²) < 4.78 is 55.7. The molecule has 5 atom stereocenters. The minimum absolute atomic E-state index is 0. The molecule has 0 saturated carbocycles. The highest BCUT2D eigenvalue weighted by Gasteiger charge is 2.17. The Bertz CT molecular complexity index is 563. The zero-order chi connectivity index (χ0) is 21.8. The van der Waals surface area contributed by atoms with Crippen molar-refractivity contribution in [2.24, 2.45) is 11.8 Å². The third-order valence-electron chi connectivity index (χ3n) is 3.41. The Kier molecular flexibility index (Phi) is 19.6. The molecule has 0 spiro atoms. The molecule has 0 aliphatic heterocycles. The van der Waals surface area contributed by atoms with Gasteiger partial charge in [0.15, 0.2) is 0 Å². The van der Waals surface area contributed by atoms with Crippen molar-refractivity contribution >= 4 is 23.5 Å². The fraction of sp³-hybridized carbons (Fsp3) is 1.00. The maximum atomic E-state index is 11.6. The molecule has 186 valence electrons. The molecule has 0 radical (unpaired) electrons. The normalized spacial score (nSPS) is 19.3. The maximum absolute atomic E-state index is 11.6. The first kappa shape index (κ1) is 34.9. The minimum Gasteiger partial charge on any atom is -0.756 e. The van der Waals surface area contributed by atoms with Crippen LogP contribution in [0, 0.1) is 11.8 Å². The molecule has 0 aromatic carbocycles. The van der Waals surface area contributed by atoms with Crippen LogP contribution in [0.15, 0.2) is 0 Å². The Balaban J connectivity index is -0.00000364. The van der Waals surface area contributed by atoms with Gasteiger partial charge in [-0.25, -0.2) is 0 Å². The van der Waals surface area contributed by atoms with Crippen LogP contribution in [0.25, 0.3) is 0 Å². The van der Waals surface area contributed by atoms with Crippen molar-refractivity contribution in [3.63, 3.8) is 0 Å². The van der Waals surface area contributed by atoms with Crippen LogP contribution in [0.2, 0.25) is 0 Å². The van der Waals surface area contributed by atoms with Crippen molar-refractivity contribution in [1.29, 1.82) is 0 Å². The van der Waals surface area contributed by atoms with E-state index in [-0.39, 0.29) is 40.4 Å². The molecule has 5 unspecified atom stereocenters. The van der Waals surface area contributed by atoms with Crippen molar-refractivity contribution in [1.82, 2.24) is 0 Å². The molecule has 13 nitrogen and oxygen atoms in total. The van der Waals surface area contributed by atoms with E-state index in [4.69, 9.17) is 10.00 Å². The largest absolute Gasteiger partial charge is 0.756 e. The van der Waals surface area contributed by atoms with E-state index < -0.39 is 55.8 Å². The summed E-state index contributed by atoms with van der Waals surface area (Å²) in [6.45, 7) is 0.525. The predicted octanol–water partition coefficient (Wildman–Crippen LogP) is 0.784. The lowest BCUT2D eigenvalue weighted by molar-refractivity contribution is -0.234. The van der Waals surface area contributed by atoms with Gasteiger partial charge in [0, 0.05) is 18.4 Å². The summed E-state index contributed by atoms with van der Waals surface area (Å²) in [6, 6.07) is 0. The Morgan fingerprint density at radius 2 is 1.10 bits per heavy atom. The standard InChI is InChI=1S/C12H29O13P3.2CH4/c1-3-11(7-13)8-24-27(17,18)21-5-6-22-28(19,20)25-10-12(4-2)9-23-26(14,15)16;;/h11-13H,3-10H2,1-2H3,(H,17,18)(H,19,20)(H2,14,15,16);2*1H4/p-3. The Morgan fingerprint density at radius 1 is 0.733 bits per heavy atom. The summed E-state index contributed by atoms with van der Waals surface area (Å²) in [5.41, 5.74) is 0. The third kappa shape index (κ3) is 19.0. The summed E-state index contributed by atoms with van der Waals surface area (Å²) in [7, 11) is -14.4. The monoisotopic (exact) mass is 503 g/mol. The van der Waals surface area contributed by atoms with E-state index in [9.17, 15) is 28.4 Å². The van der Waals surface area contributed by atoms with Crippen LogP contribution in [0.5, 0.6) is 0 Å². The second kappa shape index (κ2) is 16.9. The number of aliphatic hydroxyl groups is 1. The smallest absolute Gasteiger partial charge is 0.267 e. The fourth-order valence-corrected chi connectivity index (χ4v) is 3.48. The van der Waals surface area contributed by atoms with Gasteiger partial charge >= 0.3 is 0 Å². The summed E-state index contributed by atoms with van der Waals surface area (Å²) in [6.07, 6.45) is 0.775. The molecular formula is C14H34O13P3-3. The number of hydrogen-bond acceptors (Lipinski definition) is 12. The predicted molar refractivity (Wildman–Crippen MR) is 103 cm³/mol. The highest BCUT2D eigenvalue weighted by atomic mass is 31.2. The van der Waals surface area contributed by atoms with E-state index in [1.54, 1.807) is 13.8 Å². The summed E-state index contributed by atoms with van der Waals surface area (Å²) in [5, 5.41) is 8.95. The highest BCUT2D eigenvalue weighted by molar-refractivity contribution is 7.46. The molecule has 0 amide bonds. The fourth-order valence-electron chi connectivity index (χ4n) is 1.55. The molecule has 0 saturated heterocycles. The average Bonchev–Trinajstić information content (AvgIpc) is 2.59. The van der Waals surface area contributed by atoms with Crippen LogP contribution in [0.4, 0.5) is 0 Å². The van der Waals surface area contributed by atoms with E-state index in [0.29, 0.717) is 6.42 Å². The number of rotatable bonds is 17. The van der Waals surface area contributed by atoms with Crippen LogP contribution >= 0.6 is 23.5 Å².